The van der Waals surface area contributed by atoms with E-state index in [1.807, 2.05) is 54.6 Å². The first-order valence-electron chi connectivity index (χ1n) is 7.80. The van der Waals surface area contributed by atoms with E-state index in [0.29, 0.717) is 18.3 Å². The van der Waals surface area contributed by atoms with Crippen LogP contribution in [0.5, 0.6) is 5.75 Å². The molecule has 1 amide bonds. The molecule has 128 valence electrons. The number of amides is 1. The molecule has 0 aliphatic heterocycles. The fourth-order valence-corrected chi connectivity index (χ4v) is 2.13. The van der Waals surface area contributed by atoms with Gasteiger partial charge in [-0.25, -0.2) is 0 Å². The molecule has 3 rings (SSSR count). The fourth-order valence-electron chi connectivity index (χ4n) is 2.13. The summed E-state index contributed by atoms with van der Waals surface area (Å²) < 4.78 is 11.1. The Morgan fingerprint density at radius 1 is 1.00 bits per heavy atom. The maximum absolute atomic E-state index is 11.0. The number of carbonyl (C=O) groups excluding carboxylic acids is 1. The maximum Gasteiger partial charge on any atom is 0.253 e. The lowest BCUT2D eigenvalue weighted by Gasteiger charge is -2.06. The van der Waals surface area contributed by atoms with Crippen LogP contribution in [0.1, 0.15) is 18.7 Å². The van der Waals surface area contributed by atoms with Gasteiger partial charge in [0.2, 0.25) is 11.8 Å². The predicted octanol–water partition coefficient (Wildman–Crippen LogP) is 3.22. The molecule has 0 saturated carbocycles. The maximum atomic E-state index is 11.0. The van der Waals surface area contributed by atoms with E-state index in [9.17, 15) is 4.79 Å². The summed E-state index contributed by atoms with van der Waals surface area (Å²) in [7, 11) is 0. The van der Waals surface area contributed by atoms with Crippen molar-refractivity contribution in [3.05, 3.63) is 66.4 Å². The number of para-hydroxylation sites is 1. The summed E-state index contributed by atoms with van der Waals surface area (Å²) in [5.41, 5.74) is 1.63. The van der Waals surface area contributed by atoms with E-state index < -0.39 is 0 Å². The van der Waals surface area contributed by atoms with Gasteiger partial charge in [0.05, 0.1) is 6.54 Å². The lowest BCUT2D eigenvalue weighted by molar-refractivity contribution is -0.114. The van der Waals surface area contributed by atoms with E-state index in [-0.39, 0.29) is 12.5 Å². The van der Waals surface area contributed by atoms with Crippen molar-refractivity contribution in [3.63, 3.8) is 0 Å². The molecule has 0 radical (unpaired) electrons. The average molecular weight is 338 g/mol. The first-order chi connectivity index (χ1) is 12.2. The molecule has 0 aliphatic carbocycles. The molecular weight excluding hydrogens is 320 g/mol. The Balaban J connectivity index is 1.49. The summed E-state index contributed by atoms with van der Waals surface area (Å²) in [6.45, 7) is 2.10. The number of benzene rings is 2. The Hall–Kier alpha value is -3.35. The SMILES string of the molecule is CC(=O)Nc1ccc(NCc2nnc(COc3ccccc3)o2)cc1. The molecule has 7 nitrogen and oxygen atoms in total. The molecule has 1 aromatic heterocycles. The second-order valence-corrected chi connectivity index (χ2v) is 5.30. The molecule has 0 bridgehead atoms. The third-order valence-electron chi connectivity index (χ3n) is 3.26. The van der Waals surface area contributed by atoms with E-state index in [4.69, 9.17) is 9.15 Å². The Bertz CT molecular complexity index is 816. The quantitative estimate of drug-likeness (QED) is 0.687. The van der Waals surface area contributed by atoms with Crippen LogP contribution in [0.25, 0.3) is 0 Å². The monoisotopic (exact) mass is 338 g/mol. The molecule has 0 atom stereocenters. The van der Waals surface area contributed by atoms with Crippen molar-refractivity contribution in [2.75, 3.05) is 10.6 Å². The van der Waals surface area contributed by atoms with Crippen molar-refractivity contribution < 1.29 is 13.9 Å². The molecule has 2 aromatic carbocycles. The van der Waals surface area contributed by atoms with Gasteiger partial charge < -0.3 is 19.8 Å². The van der Waals surface area contributed by atoms with E-state index >= 15 is 0 Å². The molecule has 1 heterocycles. The van der Waals surface area contributed by atoms with Crippen molar-refractivity contribution in [1.82, 2.24) is 10.2 Å². The van der Waals surface area contributed by atoms with Crippen molar-refractivity contribution in [1.29, 1.82) is 0 Å². The predicted molar refractivity (Wildman–Crippen MR) is 93.1 cm³/mol. The minimum atomic E-state index is -0.100. The number of aromatic nitrogens is 2. The Morgan fingerprint density at radius 3 is 2.40 bits per heavy atom. The fraction of sp³-hybridized carbons (Fsp3) is 0.167. The second kappa shape index (κ2) is 7.96. The summed E-state index contributed by atoms with van der Waals surface area (Å²) in [6, 6.07) is 16.8. The molecule has 0 aliphatic rings. The third-order valence-corrected chi connectivity index (χ3v) is 3.26. The average Bonchev–Trinajstić information content (AvgIpc) is 3.08. The standard InChI is InChI=1S/C18H18N4O3/c1-13(23)20-15-9-7-14(8-10-15)19-11-17-21-22-18(25-17)12-24-16-5-3-2-4-6-16/h2-10,19H,11-12H2,1H3,(H,20,23). The van der Waals surface area contributed by atoms with Crippen LogP contribution in [-0.2, 0) is 17.9 Å². The minimum Gasteiger partial charge on any atom is -0.484 e. The zero-order chi connectivity index (χ0) is 17.5. The first kappa shape index (κ1) is 16.5. The van der Waals surface area contributed by atoms with E-state index in [2.05, 4.69) is 20.8 Å². The highest BCUT2D eigenvalue weighted by Gasteiger charge is 2.07. The van der Waals surface area contributed by atoms with E-state index in [1.165, 1.54) is 6.92 Å². The van der Waals surface area contributed by atoms with Crippen LogP contribution in [0.15, 0.2) is 59.0 Å². The van der Waals surface area contributed by atoms with Gasteiger partial charge in [0.25, 0.3) is 5.89 Å². The topological polar surface area (TPSA) is 89.3 Å². The van der Waals surface area contributed by atoms with Gasteiger partial charge in [-0.1, -0.05) is 18.2 Å². The Morgan fingerprint density at radius 2 is 1.68 bits per heavy atom. The highest BCUT2D eigenvalue weighted by molar-refractivity contribution is 5.88. The summed E-state index contributed by atoms with van der Waals surface area (Å²) in [5.74, 6) is 1.54. The molecule has 0 unspecified atom stereocenters. The Kier molecular flexibility index (Phi) is 5.26. The minimum absolute atomic E-state index is 0.100. The van der Waals surface area contributed by atoms with Crippen LogP contribution in [0.3, 0.4) is 0 Å². The number of ether oxygens (including phenoxy) is 1. The van der Waals surface area contributed by atoms with E-state index in [1.54, 1.807) is 0 Å². The molecule has 0 saturated heterocycles. The Labute approximate surface area is 145 Å². The van der Waals surface area contributed by atoms with Gasteiger partial charge >= 0.3 is 0 Å². The number of nitrogens with zero attached hydrogens (tertiary/aromatic N) is 2. The lowest BCUT2D eigenvalue weighted by Crippen LogP contribution is -2.05. The highest BCUT2D eigenvalue weighted by Crippen LogP contribution is 2.15. The zero-order valence-corrected chi connectivity index (χ0v) is 13.7. The largest absolute Gasteiger partial charge is 0.484 e. The van der Waals surface area contributed by atoms with Gasteiger partial charge in [0.1, 0.15) is 5.75 Å². The number of anilines is 2. The summed E-state index contributed by atoms with van der Waals surface area (Å²) >= 11 is 0. The van der Waals surface area contributed by atoms with Crippen LogP contribution < -0.4 is 15.4 Å². The third kappa shape index (κ3) is 5.07. The number of hydrogen-bond acceptors (Lipinski definition) is 6. The van der Waals surface area contributed by atoms with Crippen LogP contribution in [-0.4, -0.2) is 16.1 Å². The summed E-state index contributed by atoms with van der Waals surface area (Å²) in [6.07, 6.45) is 0. The smallest absolute Gasteiger partial charge is 0.253 e. The first-order valence-corrected chi connectivity index (χ1v) is 7.80. The molecule has 0 spiro atoms. The normalized spacial score (nSPS) is 10.3. The second-order valence-electron chi connectivity index (χ2n) is 5.30. The van der Waals surface area contributed by atoms with E-state index in [0.717, 1.165) is 17.1 Å². The van der Waals surface area contributed by atoms with Crippen molar-refractivity contribution in [2.45, 2.75) is 20.1 Å². The van der Waals surface area contributed by atoms with Gasteiger partial charge in [-0.05, 0) is 36.4 Å². The van der Waals surface area contributed by atoms with Crippen LogP contribution in [0.2, 0.25) is 0 Å². The summed E-state index contributed by atoms with van der Waals surface area (Å²) in [5, 5.41) is 13.8. The van der Waals surface area contributed by atoms with Crippen molar-refractivity contribution in [3.8, 4) is 5.75 Å². The number of carbonyl (C=O) groups is 1. The van der Waals surface area contributed by atoms with Gasteiger partial charge in [-0.3, -0.25) is 4.79 Å². The highest BCUT2D eigenvalue weighted by atomic mass is 16.5. The molecule has 25 heavy (non-hydrogen) atoms. The van der Waals surface area contributed by atoms with Crippen LogP contribution in [0, 0.1) is 0 Å². The molecule has 7 heteroatoms. The van der Waals surface area contributed by atoms with Crippen molar-refractivity contribution in [2.24, 2.45) is 0 Å². The molecule has 3 aromatic rings. The van der Waals surface area contributed by atoms with Gasteiger partial charge in [-0.15, -0.1) is 10.2 Å². The number of hydrogen-bond donors (Lipinski definition) is 2. The molecular formula is C18H18N4O3. The number of rotatable bonds is 7. The zero-order valence-electron chi connectivity index (χ0n) is 13.7. The van der Waals surface area contributed by atoms with Crippen LogP contribution >= 0.6 is 0 Å². The lowest BCUT2D eigenvalue weighted by atomic mass is 10.3. The van der Waals surface area contributed by atoms with Gasteiger partial charge in [0.15, 0.2) is 6.61 Å². The van der Waals surface area contributed by atoms with Gasteiger partial charge in [-0.2, -0.15) is 0 Å². The molecule has 0 fully saturated rings. The molecule has 2 N–H and O–H groups in total. The summed E-state index contributed by atoms with van der Waals surface area (Å²) in [4.78, 5) is 11.0. The van der Waals surface area contributed by atoms with Gasteiger partial charge in [0, 0.05) is 18.3 Å². The van der Waals surface area contributed by atoms with Crippen LogP contribution in [0.4, 0.5) is 11.4 Å². The van der Waals surface area contributed by atoms with Crippen molar-refractivity contribution >= 4 is 17.3 Å². The number of nitrogens with one attached hydrogen (secondary N) is 2.